The second-order valence-corrected chi connectivity index (χ2v) is 7.78. The van der Waals surface area contributed by atoms with E-state index in [2.05, 4.69) is 4.98 Å². The third-order valence-electron chi connectivity index (χ3n) is 4.03. The average Bonchev–Trinajstić information content (AvgIpc) is 3.12. The lowest BCUT2D eigenvalue weighted by molar-refractivity contribution is 0.571. The van der Waals surface area contributed by atoms with Gasteiger partial charge in [-0.3, -0.25) is 4.57 Å². The van der Waals surface area contributed by atoms with Crippen LogP contribution in [-0.4, -0.2) is 9.55 Å². The van der Waals surface area contributed by atoms with Crippen LogP contribution in [-0.2, 0) is 0 Å². The molecule has 0 aliphatic heterocycles. The van der Waals surface area contributed by atoms with Gasteiger partial charge in [0.25, 0.3) is 0 Å². The summed E-state index contributed by atoms with van der Waals surface area (Å²) in [5, 5.41) is 2.13. The predicted molar refractivity (Wildman–Crippen MR) is 102 cm³/mol. The molecule has 0 saturated carbocycles. The molecule has 128 valence electrons. The Labute approximate surface area is 151 Å². The van der Waals surface area contributed by atoms with Crippen molar-refractivity contribution < 1.29 is 8.78 Å². The Bertz CT molecular complexity index is 957. The number of hydrogen-bond acceptors (Lipinski definition) is 1. The Morgan fingerprint density at radius 3 is 1.77 bits per heavy atom. The number of imidazole rings is 1. The molecule has 2 nitrogen and oxygen atoms in total. The van der Waals surface area contributed by atoms with E-state index in [-0.39, 0.29) is 5.69 Å². The number of rotatable bonds is 4. The SMILES string of the molecule is Fc1cccc(F)c1-n1ccnc1P(c1ccccc1)c1ccccc1. The number of aromatic nitrogens is 2. The first-order valence-corrected chi connectivity index (χ1v) is 9.48. The van der Waals surface area contributed by atoms with Gasteiger partial charge < -0.3 is 0 Å². The van der Waals surface area contributed by atoms with Crippen molar-refractivity contribution in [1.82, 2.24) is 9.55 Å². The maximum atomic E-state index is 14.4. The highest BCUT2D eigenvalue weighted by Crippen LogP contribution is 2.33. The third-order valence-corrected chi connectivity index (χ3v) is 6.39. The molecule has 4 aromatic rings. The molecule has 26 heavy (non-hydrogen) atoms. The summed E-state index contributed by atoms with van der Waals surface area (Å²) < 4.78 is 30.3. The zero-order valence-electron chi connectivity index (χ0n) is 13.8. The van der Waals surface area contributed by atoms with Crippen LogP contribution in [0.2, 0.25) is 0 Å². The Hall–Kier alpha value is -2.84. The molecule has 3 aromatic carbocycles. The maximum Gasteiger partial charge on any atom is 0.150 e. The van der Waals surface area contributed by atoms with E-state index in [1.165, 1.54) is 22.8 Å². The van der Waals surface area contributed by atoms with Crippen LogP contribution in [0.1, 0.15) is 0 Å². The molecule has 0 atom stereocenters. The fourth-order valence-corrected chi connectivity index (χ4v) is 5.15. The number of para-hydroxylation sites is 1. The van der Waals surface area contributed by atoms with E-state index in [1.807, 2.05) is 60.7 Å². The quantitative estimate of drug-likeness (QED) is 0.502. The van der Waals surface area contributed by atoms with E-state index in [0.29, 0.717) is 5.57 Å². The van der Waals surface area contributed by atoms with Gasteiger partial charge in [0.2, 0.25) is 0 Å². The Balaban J connectivity index is 1.94. The van der Waals surface area contributed by atoms with Crippen LogP contribution in [0.5, 0.6) is 0 Å². The van der Waals surface area contributed by atoms with E-state index in [0.717, 1.165) is 10.6 Å². The van der Waals surface area contributed by atoms with Gasteiger partial charge in [-0.25, -0.2) is 13.8 Å². The van der Waals surface area contributed by atoms with Crippen LogP contribution in [0.25, 0.3) is 5.69 Å². The topological polar surface area (TPSA) is 17.8 Å². The van der Waals surface area contributed by atoms with Crippen LogP contribution in [0, 0.1) is 11.6 Å². The van der Waals surface area contributed by atoms with Gasteiger partial charge in [-0.15, -0.1) is 0 Å². The zero-order valence-corrected chi connectivity index (χ0v) is 14.7. The summed E-state index contributed by atoms with van der Waals surface area (Å²) in [6.45, 7) is 0. The van der Waals surface area contributed by atoms with Crippen LogP contribution in [0.3, 0.4) is 0 Å². The lowest BCUT2D eigenvalue weighted by Gasteiger charge is -2.20. The first-order valence-electron chi connectivity index (χ1n) is 8.13. The summed E-state index contributed by atoms with van der Waals surface area (Å²) in [5.41, 5.74) is 0.528. The molecule has 0 fully saturated rings. The highest BCUT2D eigenvalue weighted by atomic mass is 31.1. The fraction of sp³-hybridized carbons (Fsp3) is 0. The molecule has 0 aliphatic carbocycles. The van der Waals surface area contributed by atoms with Crippen LogP contribution < -0.4 is 16.2 Å². The van der Waals surface area contributed by atoms with Crippen molar-refractivity contribution in [2.24, 2.45) is 0 Å². The molecule has 0 radical (unpaired) electrons. The first kappa shape index (κ1) is 16.6. The average molecular weight is 364 g/mol. The maximum absolute atomic E-state index is 14.4. The Morgan fingerprint density at radius 1 is 0.692 bits per heavy atom. The highest BCUT2D eigenvalue weighted by Gasteiger charge is 2.24. The summed E-state index contributed by atoms with van der Waals surface area (Å²) >= 11 is 0. The summed E-state index contributed by atoms with van der Waals surface area (Å²) in [5.74, 6) is -1.22. The number of hydrogen-bond donors (Lipinski definition) is 0. The van der Waals surface area contributed by atoms with E-state index >= 15 is 0 Å². The predicted octanol–water partition coefficient (Wildman–Crippen LogP) is 3.91. The minimum Gasteiger partial charge on any atom is -0.294 e. The van der Waals surface area contributed by atoms with Crippen molar-refractivity contribution in [1.29, 1.82) is 0 Å². The van der Waals surface area contributed by atoms with E-state index < -0.39 is 19.6 Å². The largest absolute Gasteiger partial charge is 0.294 e. The van der Waals surface area contributed by atoms with E-state index in [4.69, 9.17) is 0 Å². The fourth-order valence-electron chi connectivity index (χ4n) is 2.89. The standard InChI is InChI=1S/C21H15F2N2P/c22-18-12-7-13-19(23)20(18)25-15-14-24-21(25)26(16-8-3-1-4-9-16)17-10-5-2-6-11-17/h1-15H. The summed E-state index contributed by atoms with van der Waals surface area (Å²) in [6, 6.07) is 23.7. The molecule has 0 bridgehead atoms. The highest BCUT2D eigenvalue weighted by molar-refractivity contribution is 7.79. The minimum absolute atomic E-state index is 0.0978. The molecule has 0 N–H and O–H groups in total. The Kier molecular flexibility index (Phi) is 4.59. The summed E-state index contributed by atoms with van der Waals surface area (Å²) in [4.78, 5) is 4.49. The van der Waals surface area contributed by atoms with Gasteiger partial charge in [0.1, 0.15) is 22.9 Å². The van der Waals surface area contributed by atoms with Crippen molar-refractivity contribution in [2.45, 2.75) is 0 Å². The molecule has 0 aliphatic rings. The van der Waals surface area contributed by atoms with Gasteiger partial charge >= 0.3 is 0 Å². The van der Waals surface area contributed by atoms with E-state index in [1.54, 1.807) is 12.4 Å². The number of halogens is 2. The van der Waals surface area contributed by atoms with Gasteiger partial charge in [-0.2, -0.15) is 0 Å². The molecule has 4 rings (SSSR count). The monoisotopic (exact) mass is 364 g/mol. The molecule has 0 spiro atoms. The van der Waals surface area contributed by atoms with Gasteiger partial charge in [0.05, 0.1) is 0 Å². The smallest absolute Gasteiger partial charge is 0.150 e. The van der Waals surface area contributed by atoms with Crippen molar-refractivity contribution in [3.63, 3.8) is 0 Å². The molecular formula is C21H15F2N2P. The summed E-state index contributed by atoms with van der Waals surface area (Å²) in [7, 11) is -1.06. The van der Waals surface area contributed by atoms with Crippen molar-refractivity contribution >= 4 is 24.1 Å². The molecule has 1 heterocycles. The third kappa shape index (κ3) is 3.04. The summed E-state index contributed by atoms with van der Waals surface area (Å²) in [6.07, 6.45) is 3.19. The van der Waals surface area contributed by atoms with Crippen LogP contribution in [0.4, 0.5) is 8.78 Å². The Morgan fingerprint density at radius 2 is 1.23 bits per heavy atom. The molecule has 0 amide bonds. The number of nitrogens with zero attached hydrogens (tertiary/aromatic N) is 2. The van der Waals surface area contributed by atoms with Crippen molar-refractivity contribution in [3.8, 4) is 5.69 Å². The van der Waals surface area contributed by atoms with Crippen LogP contribution in [0.15, 0.2) is 91.3 Å². The lowest BCUT2D eigenvalue weighted by atomic mass is 10.3. The molecule has 0 unspecified atom stereocenters. The molecule has 1 aromatic heterocycles. The second-order valence-electron chi connectivity index (χ2n) is 5.67. The molecule has 0 saturated heterocycles. The van der Waals surface area contributed by atoms with Crippen molar-refractivity contribution in [3.05, 3.63) is 103 Å². The van der Waals surface area contributed by atoms with Gasteiger partial charge in [0, 0.05) is 20.3 Å². The minimum atomic E-state index is -1.06. The molecular weight excluding hydrogens is 349 g/mol. The molecule has 5 heteroatoms. The normalized spacial score (nSPS) is 11.0. The number of benzene rings is 3. The van der Waals surface area contributed by atoms with Crippen LogP contribution >= 0.6 is 7.92 Å². The first-order chi connectivity index (χ1) is 12.8. The van der Waals surface area contributed by atoms with Gasteiger partial charge in [0.15, 0.2) is 0 Å². The van der Waals surface area contributed by atoms with Gasteiger partial charge in [-0.05, 0) is 22.7 Å². The van der Waals surface area contributed by atoms with E-state index in [9.17, 15) is 8.78 Å². The zero-order chi connectivity index (χ0) is 17.9. The lowest BCUT2D eigenvalue weighted by Crippen LogP contribution is -2.27. The van der Waals surface area contributed by atoms with Crippen molar-refractivity contribution in [2.75, 3.05) is 0 Å². The second kappa shape index (κ2) is 7.19. The van der Waals surface area contributed by atoms with Gasteiger partial charge in [-0.1, -0.05) is 66.7 Å².